The summed E-state index contributed by atoms with van der Waals surface area (Å²) in [6, 6.07) is 14.6. The van der Waals surface area contributed by atoms with Gasteiger partial charge in [0.25, 0.3) is 0 Å². The van der Waals surface area contributed by atoms with Crippen LogP contribution in [0.2, 0.25) is 10.0 Å². The van der Waals surface area contributed by atoms with Crippen LogP contribution < -0.4 is 31.9 Å². The number of piperazine rings is 1. The summed E-state index contributed by atoms with van der Waals surface area (Å²) in [4.78, 5) is 72.0. The quantitative estimate of drug-likeness (QED) is 0.168. The number of nitrogens with one attached hydrogen (secondary N) is 4. The molecule has 5 fully saturated rings. The van der Waals surface area contributed by atoms with Gasteiger partial charge in [0.1, 0.15) is 17.3 Å². The topological polar surface area (TPSA) is 150 Å². The number of amides is 4. The molecule has 1 aromatic heterocycles. The molecule has 3 saturated heterocycles. The molecular weight excluding hydrogens is 846 g/mol. The highest BCUT2D eigenvalue weighted by atomic mass is 35.5. The molecule has 0 bridgehead atoms. The zero-order valence-corrected chi connectivity index (χ0v) is 36.9. The summed E-state index contributed by atoms with van der Waals surface area (Å²) < 4.78 is 19.4. The minimum absolute atomic E-state index is 0.0460. The lowest BCUT2D eigenvalue weighted by Crippen LogP contribution is -2.60. The van der Waals surface area contributed by atoms with E-state index in [4.69, 9.17) is 23.2 Å². The number of piperidine rings is 1. The Kier molecular flexibility index (Phi) is 11.0. The van der Waals surface area contributed by atoms with Crippen LogP contribution in [0.4, 0.5) is 15.8 Å². The lowest BCUT2D eigenvalue weighted by Gasteiger charge is -2.47. The predicted molar refractivity (Wildman–Crippen MR) is 240 cm³/mol. The number of hydrogen-bond acceptors (Lipinski definition) is 8. The molecule has 2 saturated carbocycles. The van der Waals surface area contributed by atoms with Crippen LogP contribution >= 0.6 is 23.2 Å². The molecule has 13 nitrogen and oxygen atoms in total. The minimum Gasteiger partial charge on any atom is -0.369 e. The summed E-state index contributed by atoms with van der Waals surface area (Å²) in [5, 5.41) is 13.0. The van der Waals surface area contributed by atoms with Gasteiger partial charge >= 0.3 is 5.69 Å². The first-order valence-electron chi connectivity index (χ1n) is 22.5. The molecule has 0 radical (unpaired) electrons. The Morgan fingerprint density at radius 2 is 1.63 bits per heavy atom. The monoisotopic (exact) mass is 898 g/mol. The highest BCUT2D eigenvalue weighted by Gasteiger charge is 2.72. The van der Waals surface area contributed by atoms with Gasteiger partial charge in [0.05, 0.1) is 22.1 Å². The Hall–Kier alpha value is -4.76. The summed E-state index contributed by atoms with van der Waals surface area (Å²) in [6.45, 7) is 4.43. The van der Waals surface area contributed by atoms with Crippen molar-refractivity contribution >= 4 is 69.2 Å². The fourth-order valence-electron chi connectivity index (χ4n) is 12.3. The molecule has 4 amide bonds. The molecule has 2 aliphatic carbocycles. The second-order valence-corrected chi connectivity index (χ2v) is 19.5. The van der Waals surface area contributed by atoms with Crippen LogP contribution in [0.1, 0.15) is 93.7 Å². The van der Waals surface area contributed by atoms with Gasteiger partial charge < -0.3 is 15.5 Å². The van der Waals surface area contributed by atoms with Crippen LogP contribution in [0.5, 0.6) is 0 Å². The first kappa shape index (κ1) is 42.2. The molecule has 5 heterocycles. The molecule has 4 atom stereocenters. The summed E-state index contributed by atoms with van der Waals surface area (Å²) in [6.07, 6.45) is 8.20. The molecule has 4 aromatic rings. The Bertz CT molecular complexity index is 2580. The van der Waals surface area contributed by atoms with E-state index in [9.17, 15) is 24.0 Å². The molecule has 2 spiro atoms. The zero-order chi connectivity index (χ0) is 43.8. The molecule has 3 aromatic carbocycles. The third kappa shape index (κ3) is 6.98. The van der Waals surface area contributed by atoms with E-state index in [-0.39, 0.29) is 46.5 Å². The molecule has 6 aliphatic rings. The molecule has 1 unspecified atom stereocenters. The van der Waals surface area contributed by atoms with E-state index < -0.39 is 40.7 Å². The number of carbonyl (C=O) groups excluding carboxylic acids is 4. The van der Waals surface area contributed by atoms with Gasteiger partial charge in [-0.25, -0.2) is 9.18 Å². The number of benzene rings is 3. The maximum Gasteiger partial charge on any atom is 0.329 e. The van der Waals surface area contributed by atoms with Crippen molar-refractivity contribution in [1.82, 2.24) is 30.0 Å². The van der Waals surface area contributed by atoms with Crippen LogP contribution in [-0.2, 0) is 31.6 Å². The minimum atomic E-state index is -1.27. The molecule has 10 rings (SSSR count). The van der Waals surface area contributed by atoms with E-state index in [1.54, 1.807) is 35.9 Å². The smallest absolute Gasteiger partial charge is 0.329 e. The number of imidazole rings is 1. The third-order valence-electron chi connectivity index (χ3n) is 15.3. The summed E-state index contributed by atoms with van der Waals surface area (Å²) >= 11 is 12.9. The number of rotatable bonds is 7. The van der Waals surface area contributed by atoms with Crippen LogP contribution in [0.25, 0.3) is 11.0 Å². The number of fused-ring (bicyclic) bond motifs is 4. The van der Waals surface area contributed by atoms with E-state index in [1.807, 2.05) is 24.3 Å². The molecule has 332 valence electrons. The van der Waals surface area contributed by atoms with Gasteiger partial charge in [-0.2, -0.15) is 0 Å². The highest BCUT2D eigenvalue weighted by molar-refractivity contribution is 6.31. The SMILES string of the molecule is Cn1c(=O)n(C2CCC(=O)NC2=O)c2ccc(N3CCN(C[C@H]4CC[C@H](NC(=O)[C@@H]5NC6(CCCCC6)[C@@]6(C(=O)Nc7cc(Cl)ccc76)[C@H]5c5cccc(Cl)c5F)CC4)CC3)cc21. The van der Waals surface area contributed by atoms with E-state index in [2.05, 4.69) is 31.1 Å². The Balaban J connectivity index is 0.801. The van der Waals surface area contributed by atoms with Crippen molar-refractivity contribution in [3.63, 3.8) is 0 Å². The van der Waals surface area contributed by atoms with E-state index in [0.29, 0.717) is 41.4 Å². The zero-order valence-electron chi connectivity index (χ0n) is 35.4. The average Bonchev–Trinajstić information content (AvgIpc) is 3.83. The standard InChI is InChI=1S/C47H53Cl2FN8O5/c1-55-37-25-30(13-15-35(37)58(45(55)63)36-16-17-38(59)53-42(36)60)57-22-20-56(21-23-57)26-27-8-11-29(12-9-27)51-43(61)41-39(31-6-5-7-33(49)40(31)50)47(46(54-41)18-3-2-4-19-46)32-14-10-28(48)24-34(32)52-44(47)62/h5-7,10,13-15,24-25,27,29,36,39,41,54H,2-4,8-9,11-12,16-23,26H2,1H3,(H,51,61)(H,52,62)(H,53,59,60)/t27-,29-,36?,39-,41+,47+/m0/s1. The van der Waals surface area contributed by atoms with Gasteiger partial charge in [-0.1, -0.05) is 60.7 Å². The average molecular weight is 900 g/mol. The number of carbonyl (C=O) groups is 4. The van der Waals surface area contributed by atoms with Gasteiger partial charge in [-0.3, -0.25) is 43.8 Å². The van der Waals surface area contributed by atoms with E-state index in [0.717, 1.165) is 94.4 Å². The fourth-order valence-corrected chi connectivity index (χ4v) is 12.7. The largest absolute Gasteiger partial charge is 0.369 e. The molecular formula is C47H53Cl2FN8O5. The molecule has 16 heteroatoms. The summed E-state index contributed by atoms with van der Waals surface area (Å²) in [5.74, 6) is -2.21. The van der Waals surface area contributed by atoms with Gasteiger partial charge in [0, 0.05) is 80.1 Å². The molecule has 4 aliphatic heterocycles. The highest BCUT2D eigenvalue weighted by Crippen LogP contribution is 2.63. The second kappa shape index (κ2) is 16.3. The van der Waals surface area contributed by atoms with Crippen LogP contribution in [-0.4, -0.2) is 88.0 Å². The number of anilines is 2. The number of aromatic nitrogens is 2. The van der Waals surface area contributed by atoms with Crippen molar-refractivity contribution in [1.29, 1.82) is 0 Å². The Morgan fingerprint density at radius 3 is 2.38 bits per heavy atom. The normalized spacial score (nSPS) is 28.4. The molecule has 63 heavy (non-hydrogen) atoms. The first-order valence-corrected chi connectivity index (χ1v) is 23.3. The number of nitrogens with zero attached hydrogens (tertiary/aromatic N) is 4. The van der Waals surface area contributed by atoms with Gasteiger partial charge in [0.15, 0.2) is 0 Å². The second-order valence-electron chi connectivity index (χ2n) is 18.7. The van der Waals surface area contributed by atoms with Gasteiger partial charge in [-0.05, 0) is 98.4 Å². The van der Waals surface area contributed by atoms with E-state index in [1.165, 1.54) is 10.6 Å². The maximum atomic E-state index is 16.3. The first-order chi connectivity index (χ1) is 30.4. The van der Waals surface area contributed by atoms with Crippen LogP contribution in [0, 0.1) is 11.7 Å². The number of aryl methyl sites for hydroxylation is 1. The maximum absolute atomic E-state index is 16.3. The Morgan fingerprint density at radius 1 is 0.873 bits per heavy atom. The van der Waals surface area contributed by atoms with Crippen molar-refractivity contribution in [2.24, 2.45) is 13.0 Å². The van der Waals surface area contributed by atoms with E-state index >= 15 is 4.39 Å². The number of halogens is 3. The lowest BCUT2D eigenvalue weighted by atomic mass is 9.55. The van der Waals surface area contributed by atoms with Crippen molar-refractivity contribution in [3.05, 3.63) is 92.1 Å². The number of imide groups is 1. The Labute approximate surface area is 375 Å². The predicted octanol–water partition coefficient (Wildman–Crippen LogP) is 5.91. The van der Waals surface area contributed by atoms with Crippen molar-refractivity contribution < 1.29 is 23.6 Å². The van der Waals surface area contributed by atoms with Crippen molar-refractivity contribution in [2.45, 2.75) is 106 Å². The van der Waals surface area contributed by atoms with Gasteiger partial charge in [-0.15, -0.1) is 0 Å². The molecule has 4 N–H and O–H groups in total. The fraction of sp³-hybridized carbons (Fsp3) is 0.511. The third-order valence-corrected chi connectivity index (χ3v) is 15.9. The van der Waals surface area contributed by atoms with Gasteiger partial charge in [0.2, 0.25) is 23.6 Å². The van der Waals surface area contributed by atoms with Crippen LogP contribution in [0.3, 0.4) is 0 Å². The van der Waals surface area contributed by atoms with Crippen molar-refractivity contribution in [3.8, 4) is 0 Å². The summed E-state index contributed by atoms with van der Waals surface area (Å²) in [7, 11) is 1.72. The number of hydrogen-bond donors (Lipinski definition) is 4. The summed E-state index contributed by atoms with van der Waals surface area (Å²) in [5.41, 5.74) is 1.71. The van der Waals surface area contributed by atoms with Crippen molar-refractivity contribution in [2.75, 3.05) is 42.9 Å². The lowest BCUT2D eigenvalue weighted by molar-refractivity contribution is -0.136. The van der Waals surface area contributed by atoms with Crippen LogP contribution in [0.15, 0.2) is 59.4 Å².